The summed E-state index contributed by atoms with van der Waals surface area (Å²) >= 11 is 0. The number of nitrogens with one attached hydrogen (secondary N) is 2. The zero-order valence-electron chi connectivity index (χ0n) is 26.5. The van der Waals surface area contributed by atoms with Gasteiger partial charge in [0.25, 0.3) is 5.91 Å². The van der Waals surface area contributed by atoms with Gasteiger partial charge in [-0.15, -0.1) is 0 Å². The van der Waals surface area contributed by atoms with E-state index in [4.69, 9.17) is 4.74 Å². The number of rotatable bonds is 9. The van der Waals surface area contributed by atoms with Gasteiger partial charge in [-0.25, -0.2) is 14.0 Å². The molecule has 0 unspecified atom stereocenters. The van der Waals surface area contributed by atoms with Crippen LogP contribution < -0.4 is 10.6 Å². The van der Waals surface area contributed by atoms with Gasteiger partial charge in [-0.2, -0.15) is 0 Å². The molecule has 3 amide bonds. The van der Waals surface area contributed by atoms with E-state index in [0.29, 0.717) is 16.8 Å². The van der Waals surface area contributed by atoms with Crippen LogP contribution >= 0.6 is 0 Å². The molecule has 3 aromatic rings. The molecule has 0 heterocycles. The first-order chi connectivity index (χ1) is 20.7. The van der Waals surface area contributed by atoms with Crippen molar-refractivity contribution in [2.45, 2.75) is 78.5 Å². The van der Waals surface area contributed by atoms with Gasteiger partial charge in [-0.05, 0) is 119 Å². The standard InChI is InChI=1S/C35H42FN3O5/c1-20-15-24(17-23-11-12-23)16-21(2)30(20)38-34(43)37-29-19-26(25-9-8-10-27(36)18-25)13-14-28(29)32(41)39(35(4,5)6)31(22(3)40)33(42)44-7/h8-10,13-16,18-19,22-23,31,40H,11-12,17H2,1-7H3,(H2,37,38,43)/t22-,31+/m1/s1. The second-order valence-corrected chi connectivity index (χ2v) is 12.7. The summed E-state index contributed by atoms with van der Waals surface area (Å²) < 4.78 is 19.0. The molecule has 3 N–H and O–H groups in total. The van der Waals surface area contributed by atoms with E-state index in [9.17, 15) is 23.9 Å². The molecule has 9 heteroatoms. The number of aliphatic hydroxyl groups excluding tert-OH is 1. The molecule has 2 atom stereocenters. The molecule has 1 fully saturated rings. The Bertz CT molecular complexity index is 1540. The summed E-state index contributed by atoms with van der Waals surface area (Å²) in [5.74, 6) is -1.07. The first kappa shape index (κ1) is 32.7. The Balaban J connectivity index is 1.74. The average molecular weight is 604 g/mol. The smallest absolute Gasteiger partial charge is 0.331 e. The second kappa shape index (κ2) is 13.2. The van der Waals surface area contributed by atoms with Gasteiger partial charge in [0.05, 0.1) is 24.5 Å². The maximum Gasteiger partial charge on any atom is 0.331 e. The number of methoxy groups -OCH3 is 1. The van der Waals surface area contributed by atoms with Gasteiger partial charge in [0.2, 0.25) is 0 Å². The minimum Gasteiger partial charge on any atom is -0.467 e. The number of hydrogen-bond donors (Lipinski definition) is 3. The lowest BCUT2D eigenvalue weighted by molar-refractivity contribution is -0.152. The normalized spacial score (nSPS) is 14.4. The molecule has 1 aliphatic rings. The fraction of sp³-hybridized carbons (Fsp3) is 0.400. The Kier molecular flexibility index (Phi) is 9.78. The molecule has 3 aromatic carbocycles. The van der Waals surface area contributed by atoms with Crippen LogP contribution in [0.4, 0.5) is 20.6 Å². The van der Waals surface area contributed by atoms with Crippen molar-refractivity contribution in [3.63, 3.8) is 0 Å². The fourth-order valence-electron chi connectivity index (χ4n) is 5.59. The number of carbonyl (C=O) groups excluding carboxylic acids is 3. The zero-order valence-corrected chi connectivity index (χ0v) is 26.5. The Hall–Kier alpha value is -4.24. The van der Waals surface area contributed by atoms with Crippen LogP contribution in [0.15, 0.2) is 54.6 Å². The van der Waals surface area contributed by atoms with Gasteiger partial charge in [-0.1, -0.05) is 30.3 Å². The zero-order chi connectivity index (χ0) is 32.3. The van der Waals surface area contributed by atoms with E-state index in [1.165, 1.54) is 55.5 Å². The van der Waals surface area contributed by atoms with Gasteiger partial charge in [-0.3, -0.25) is 4.79 Å². The predicted molar refractivity (Wildman–Crippen MR) is 170 cm³/mol. The number of nitrogens with zero attached hydrogens (tertiary/aromatic N) is 1. The third-order valence-corrected chi connectivity index (χ3v) is 7.83. The highest BCUT2D eigenvalue weighted by Gasteiger charge is 2.42. The summed E-state index contributed by atoms with van der Waals surface area (Å²) in [5.41, 5.74) is 4.19. The Morgan fingerprint density at radius 1 is 1.00 bits per heavy atom. The van der Waals surface area contributed by atoms with Crippen molar-refractivity contribution < 1.29 is 28.6 Å². The highest BCUT2D eigenvalue weighted by Crippen LogP contribution is 2.35. The van der Waals surface area contributed by atoms with Crippen LogP contribution in [0.1, 0.15) is 67.6 Å². The summed E-state index contributed by atoms with van der Waals surface area (Å²) in [6, 6.07) is 13.1. The minimum atomic E-state index is -1.31. The van der Waals surface area contributed by atoms with Gasteiger partial charge >= 0.3 is 12.0 Å². The lowest BCUT2D eigenvalue weighted by Gasteiger charge is -2.41. The summed E-state index contributed by atoms with van der Waals surface area (Å²) in [6.45, 7) is 10.5. The molecule has 44 heavy (non-hydrogen) atoms. The predicted octanol–water partition coefficient (Wildman–Crippen LogP) is 6.87. The molecule has 0 spiro atoms. The number of esters is 1. The second-order valence-electron chi connectivity index (χ2n) is 12.7. The van der Waals surface area contributed by atoms with E-state index in [1.54, 1.807) is 45.0 Å². The van der Waals surface area contributed by atoms with Crippen LogP contribution in [0, 0.1) is 25.6 Å². The molecule has 0 aliphatic heterocycles. The highest BCUT2D eigenvalue weighted by atomic mass is 19.1. The topological polar surface area (TPSA) is 108 Å². The number of urea groups is 1. The number of aliphatic hydroxyl groups is 1. The number of anilines is 2. The van der Waals surface area contributed by atoms with Crippen LogP contribution in [0.2, 0.25) is 0 Å². The van der Waals surface area contributed by atoms with Crippen molar-refractivity contribution in [3.05, 3.63) is 82.7 Å². The van der Waals surface area contributed by atoms with Crippen molar-refractivity contribution in [2.75, 3.05) is 17.7 Å². The number of benzene rings is 3. The molecule has 0 radical (unpaired) electrons. The van der Waals surface area contributed by atoms with E-state index in [1.807, 2.05) is 13.8 Å². The van der Waals surface area contributed by atoms with Crippen LogP contribution in [-0.2, 0) is 16.0 Å². The average Bonchev–Trinajstić information content (AvgIpc) is 3.76. The number of amides is 3. The Morgan fingerprint density at radius 3 is 2.18 bits per heavy atom. The summed E-state index contributed by atoms with van der Waals surface area (Å²) in [7, 11) is 1.19. The molecule has 0 bridgehead atoms. The van der Waals surface area contributed by atoms with Crippen LogP contribution in [0.25, 0.3) is 11.1 Å². The SMILES string of the molecule is COC(=O)[C@H]([C@@H](C)O)N(C(=O)c1ccc(-c2cccc(F)c2)cc1NC(=O)Nc1c(C)cc(CC2CC2)cc1C)C(C)(C)C. The lowest BCUT2D eigenvalue weighted by Crippen LogP contribution is -2.58. The summed E-state index contributed by atoms with van der Waals surface area (Å²) in [5, 5.41) is 16.3. The molecule has 0 saturated heterocycles. The van der Waals surface area contributed by atoms with Crippen LogP contribution in [0.3, 0.4) is 0 Å². The monoisotopic (exact) mass is 603 g/mol. The minimum absolute atomic E-state index is 0.0815. The maximum absolute atomic E-state index is 14.2. The summed E-state index contributed by atoms with van der Waals surface area (Å²) in [4.78, 5) is 41.7. The highest BCUT2D eigenvalue weighted by molar-refractivity contribution is 6.08. The number of hydrogen-bond acceptors (Lipinski definition) is 5. The van der Waals surface area contributed by atoms with Gasteiger partial charge in [0.1, 0.15) is 5.82 Å². The molecule has 1 saturated carbocycles. The largest absolute Gasteiger partial charge is 0.467 e. The van der Waals surface area contributed by atoms with Crippen LogP contribution in [-0.4, -0.2) is 52.7 Å². The van der Waals surface area contributed by atoms with Crippen molar-refractivity contribution in [1.29, 1.82) is 0 Å². The molecule has 4 rings (SSSR count). The first-order valence-corrected chi connectivity index (χ1v) is 14.9. The number of aryl methyl sites for hydroxylation is 2. The van der Waals surface area contributed by atoms with E-state index in [-0.39, 0.29) is 11.3 Å². The first-order valence-electron chi connectivity index (χ1n) is 14.9. The number of ether oxygens (including phenoxy) is 1. The van der Waals surface area contributed by atoms with E-state index < -0.39 is 41.4 Å². The van der Waals surface area contributed by atoms with E-state index >= 15 is 0 Å². The Morgan fingerprint density at radius 2 is 1.64 bits per heavy atom. The van der Waals surface area contributed by atoms with Gasteiger partial charge in [0.15, 0.2) is 6.04 Å². The third-order valence-electron chi connectivity index (χ3n) is 7.83. The number of halogens is 1. The van der Waals surface area contributed by atoms with Crippen LogP contribution in [0.5, 0.6) is 0 Å². The lowest BCUT2D eigenvalue weighted by atomic mass is 9.96. The molecular formula is C35H42FN3O5. The van der Waals surface area contributed by atoms with Crippen molar-refractivity contribution in [3.8, 4) is 11.1 Å². The van der Waals surface area contributed by atoms with Gasteiger partial charge < -0.3 is 25.4 Å². The van der Waals surface area contributed by atoms with Gasteiger partial charge in [0, 0.05) is 11.2 Å². The van der Waals surface area contributed by atoms with Crippen molar-refractivity contribution in [2.24, 2.45) is 5.92 Å². The Labute approximate surface area is 258 Å². The fourth-order valence-corrected chi connectivity index (χ4v) is 5.59. The number of carbonyl (C=O) groups is 3. The maximum atomic E-state index is 14.2. The molecule has 0 aromatic heterocycles. The quantitative estimate of drug-likeness (QED) is 0.232. The van der Waals surface area contributed by atoms with E-state index in [0.717, 1.165) is 23.5 Å². The molecule has 1 aliphatic carbocycles. The molecule has 234 valence electrons. The van der Waals surface area contributed by atoms with Crippen molar-refractivity contribution >= 4 is 29.3 Å². The van der Waals surface area contributed by atoms with Crippen molar-refractivity contribution in [1.82, 2.24) is 4.90 Å². The van der Waals surface area contributed by atoms with E-state index in [2.05, 4.69) is 22.8 Å². The molecule has 8 nitrogen and oxygen atoms in total. The molecular weight excluding hydrogens is 561 g/mol. The summed E-state index contributed by atoms with van der Waals surface area (Å²) in [6.07, 6.45) is 2.28. The third kappa shape index (κ3) is 7.63.